The molecule has 0 bridgehead atoms. The summed E-state index contributed by atoms with van der Waals surface area (Å²) in [4.78, 5) is 26.1. The second kappa shape index (κ2) is 10.6. The number of fused-ring (bicyclic) bond motifs is 1. The Morgan fingerprint density at radius 3 is 2.60 bits per heavy atom. The van der Waals surface area contributed by atoms with Crippen molar-refractivity contribution in [2.45, 2.75) is 26.4 Å². The molecule has 1 amide bonds. The molecule has 0 saturated heterocycles. The van der Waals surface area contributed by atoms with E-state index in [1.807, 2.05) is 43.3 Å². The quantitative estimate of drug-likeness (QED) is 0.558. The van der Waals surface area contributed by atoms with Gasteiger partial charge in [0.05, 0.1) is 18.7 Å². The van der Waals surface area contributed by atoms with Crippen LogP contribution in [0, 0.1) is 0 Å². The zero-order valence-electron chi connectivity index (χ0n) is 17.3. The zero-order chi connectivity index (χ0) is 21.3. The first-order valence-corrected chi connectivity index (χ1v) is 10.1. The van der Waals surface area contributed by atoms with E-state index in [-0.39, 0.29) is 18.6 Å². The monoisotopic (exact) mass is 413 g/mol. The molecule has 160 valence electrons. The Balaban J connectivity index is 1.49. The first kappa shape index (κ1) is 21.6. The summed E-state index contributed by atoms with van der Waals surface area (Å²) in [5.41, 5.74) is 1.52. The maximum Gasteiger partial charge on any atom is 0.335 e. The van der Waals surface area contributed by atoms with Crippen LogP contribution in [0.5, 0.6) is 11.5 Å². The lowest BCUT2D eigenvalue weighted by molar-refractivity contribution is -0.156. The summed E-state index contributed by atoms with van der Waals surface area (Å²) >= 11 is 0. The standard InChI is InChI=1S/C23H27NO6/c1-3-27-21(23(26)28-4-2)15-17-9-11-18(12-10-17)29-14-13-24-16-30-20-8-6-5-7-19(20)22(24)25/h5-12,21H,3-4,13-16H2,1-2H3/t21-/m0/s1. The maximum atomic E-state index is 12.5. The number of hydrogen-bond acceptors (Lipinski definition) is 6. The van der Waals surface area contributed by atoms with Crippen LogP contribution in [0.4, 0.5) is 0 Å². The fourth-order valence-corrected chi connectivity index (χ4v) is 3.17. The van der Waals surface area contributed by atoms with Gasteiger partial charge in [0.2, 0.25) is 0 Å². The van der Waals surface area contributed by atoms with Gasteiger partial charge in [-0.15, -0.1) is 0 Å². The van der Waals surface area contributed by atoms with E-state index in [1.54, 1.807) is 24.0 Å². The number of hydrogen-bond donors (Lipinski definition) is 0. The summed E-state index contributed by atoms with van der Waals surface area (Å²) in [5, 5.41) is 0. The van der Waals surface area contributed by atoms with Crippen LogP contribution in [0.2, 0.25) is 0 Å². The minimum Gasteiger partial charge on any atom is -0.492 e. The van der Waals surface area contributed by atoms with Crippen LogP contribution in [0.25, 0.3) is 0 Å². The van der Waals surface area contributed by atoms with E-state index in [0.717, 1.165) is 5.56 Å². The lowest BCUT2D eigenvalue weighted by Gasteiger charge is -2.28. The summed E-state index contributed by atoms with van der Waals surface area (Å²) in [6.07, 6.45) is -0.180. The van der Waals surface area contributed by atoms with Gasteiger partial charge < -0.3 is 23.8 Å². The normalized spacial score (nSPS) is 13.9. The molecule has 0 N–H and O–H groups in total. The molecule has 1 atom stereocenters. The molecule has 0 radical (unpaired) electrons. The van der Waals surface area contributed by atoms with Gasteiger partial charge in [-0.25, -0.2) is 4.79 Å². The molecule has 0 fully saturated rings. The third-order valence-corrected chi connectivity index (χ3v) is 4.67. The lowest BCUT2D eigenvalue weighted by Crippen LogP contribution is -2.40. The van der Waals surface area contributed by atoms with Crippen molar-refractivity contribution in [2.24, 2.45) is 0 Å². The Labute approximate surface area is 176 Å². The van der Waals surface area contributed by atoms with Crippen molar-refractivity contribution in [3.63, 3.8) is 0 Å². The molecule has 30 heavy (non-hydrogen) atoms. The first-order valence-electron chi connectivity index (χ1n) is 10.1. The molecule has 0 aromatic heterocycles. The van der Waals surface area contributed by atoms with Gasteiger partial charge in [0.1, 0.15) is 18.1 Å². The van der Waals surface area contributed by atoms with Gasteiger partial charge in [-0.05, 0) is 43.7 Å². The number of carbonyl (C=O) groups excluding carboxylic acids is 2. The highest BCUT2D eigenvalue weighted by Crippen LogP contribution is 2.24. The predicted octanol–water partition coefficient (Wildman–Crippen LogP) is 3.07. The molecule has 0 aliphatic carbocycles. The highest BCUT2D eigenvalue weighted by Gasteiger charge is 2.25. The van der Waals surface area contributed by atoms with Crippen molar-refractivity contribution in [3.05, 3.63) is 59.7 Å². The van der Waals surface area contributed by atoms with Crippen LogP contribution in [0.15, 0.2) is 48.5 Å². The van der Waals surface area contributed by atoms with Gasteiger partial charge in [0, 0.05) is 13.0 Å². The largest absolute Gasteiger partial charge is 0.492 e. The second-order valence-corrected chi connectivity index (χ2v) is 6.73. The molecule has 0 saturated carbocycles. The fraction of sp³-hybridized carbons (Fsp3) is 0.391. The number of carbonyl (C=O) groups is 2. The van der Waals surface area contributed by atoms with E-state index in [1.165, 1.54) is 0 Å². The summed E-state index contributed by atoms with van der Waals surface area (Å²) in [5.74, 6) is 0.892. The number of benzene rings is 2. The number of ether oxygens (including phenoxy) is 4. The van der Waals surface area contributed by atoms with Crippen molar-refractivity contribution in [2.75, 3.05) is 33.1 Å². The third kappa shape index (κ3) is 5.51. The van der Waals surface area contributed by atoms with E-state index in [2.05, 4.69) is 0 Å². The van der Waals surface area contributed by atoms with Gasteiger partial charge in [-0.1, -0.05) is 24.3 Å². The van der Waals surface area contributed by atoms with Gasteiger partial charge >= 0.3 is 5.97 Å². The van der Waals surface area contributed by atoms with Crippen LogP contribution in [-0.4, -0.2) is 56.0 Å². The number of para-hydroxylation sites is 1. The number of amides is 1. The van der Waals surface area contributed by atoms with Crippen LogP contribution in [0.1, 0.15) is 29.8 Å². The summed E-state index contributed by atoms with van der Waals surface area (Å²) in [6.45, 7) is 5.37. The van der Waals surface area contributed by atoms with Crippen LogP contribution in [0.3, 0.4) is 0 Å². The Morgan fingerprint density at radius 2 is 1.87 bits per heavy atom. The first-order chi connectivity index (χ1) is 14.6. The van der Waals surface area contributed by atoms with E-state index >= 15 is 0 Å². The van der Waals surface area contributed by atoms with E-state index in [4.69, 9.17) is 18.9 Å². The number of esters is 1. The SMILES string of the molecule is CCOC(=O)[C@H](Cc1ccc(OCCN2COc3ccccc3C2=O)cc1)OCC. The molecule has 2 aromatic carbocycles. The van der Waals surface area contributed by atoms with Gasteiger partial charge in [0.15, 0.2) is 12.8 Å². The molecule has 0 unspecified atom stereocenters. The molecule has 7 nitrogen and oxygen atoms in total. The number of rotatable bonds is 10. The van der Waals surface area contributed by atoms with Crippen molar-refractivity contribution in [1.82, 2.24) is 4.90 Å². The van der Waals surface area contributed by atoms with Crippen LogP contribution in [-0.2, 0) is 20.7 Å². The smallest absolute Gasteiger partial charge is 0.335 e. The Hall–Kier alpha value is -3.06. The van der Waals surface area contributed by atoms with Crippen molar-refractivity contribution in [1.29, 1.82) is 0 Å². The topological polar surface area (TPSA) is 74.3 Å². The molecular formula is C23H27NO6. The lowest BCUT2D eigenvalue weighted by atomic mass is 10.1. The van der Waals surface area contributed by atoms with E-state index in [0.29, 0.717) is 49.8 Å². The number of nitrogens with zero attached hydrogens (tertiary/aromatic N) is 1. The molecule has 1 aliphatic heterocycles. The van der Waals surface area contributed by atoms with Crippen molar-refractivity contribution >= 4 is 11.9 Å². The highest BCUT2D eigenvalue weighted by atomic mass is 16.6. The molecular weight excluding hydrogens is 386 g/mol. The Morgan fingerprint density at radius 1 is 1.10 bits per heavy atom. The van der Waals surface area contributed by atoms with Crippen LogP contribution >= 0.6 is 0 Å². The van der Waals surface area contributed by atoms with E-state index in [9.17, 15) is 9.59 Å². The fourth-order valence-electron chi connectivity index (χ4n) is 3.17. The Bertz CT molecular complexity index is 851. The summed E-state index contributed by atoms with van der Waals surface area (Å²) in [7, 11) is 0. The van der Waals surface area contributed by atoms with E-state index < -0.39 is 6.10 Å². The zero-order valence-corrected chi connectivity index (χ0v) is 17.3. The molecule has 1 aliphatic rings. The Kier molecular flexibility index (Phi) is 7.68. The predicted molar refractivity (Wildman–Crippen MR) is 111 cm³/mol. The average molecular weight is 413 g/mol. The minimum absolute atomic E-state index is 0.0586. The van der Waals surface area contributed by atoms with Crippen molar-refractivity contribution < 1.29 is 28.5 Å². The molecule has 7 heteroatoms. The molecule has 3 rings (SSSR count). The van der Waals surface area contributed by atoms with Gasteiger partial charge in [-0.2, -0.15) is 0 Å². The second-order valence-electron chi connectivity index (χ2n) is 6.73. The highest BCUT2D eigenvalue weighted by molar-refractivity contribution is 5.97. The van der Waals surface area contributed by atoms with Gasteiger partial charge in [0.25, 0.3) is 5.91 Å². The molecule has 0 spiro atoms. The molecule has 2 aromatic rings. The average Bonchev–Trinajstić information content (AvgIpc) is 2.76. The minimum atomic E-state index is -0.616. The van der Waals surface area contributed by atoms with Gasteiger partial charge in [-0.3, -0.25) is 4.79 Å². The van der Waals surface area contributed by atoms with Crippen LogP contribution < -0.4 is 9.47 Å². The summed E-state index contributed by atoms with van der Waals surface area (Å²) in [6, 6.07) is 14.7. The molecule has 1 heterocycles. The summed E-state index contributed by atoms with van der Waals surface area (Å²) < 4.78 is 21.9. The maximum absolute atomic E-state index is 12.5. The van der Waals surface area contributed by atoms with Crippen molar-refractivity contribution in [3.8, 4) is 11.5 Å². The third-order valence-electron chi connectivity index (χ3n) is 4.67.